The van der Waals surface area contributed by atoms with Crippen molar-refractivity contribution >= 4 is 0 Å². The summed E-state index contributed by atoms with van der Waals surface area (Å²) >= 11 is 0. The first-order valence-corrected chi connectivity index (χ1v) is 5.56. The zero-order chi connectivity index (χ0) is 11.5. The number of aryl methyl sites for hydroxylation is 1. The number of nitrogens with zero attached hydrogens (tertiary/aromatic N) is 2. The molecule has 1 aromatic carbocycles. The summed E-state index contributed by atoms with van der Waals surface area (Å²) in [5, 5.41) is 0. The van der Waals surface area contributed by atoms with Crippen LogP contribution < -0.4 is 0 Å². The normalized spacial score (nSPS) is 10.8. The zero-order valence-corrected chi connectivity index (χ0v) is 9.94. The summed E-state index contributed by atoms with van der Waals surface area (Å²) < 4.78 is 0. The van der Waals surface area contributed by atoms with E-state index in [9.17, 15) is 0 Å². The summed E-state index contributed by atoms with van der Waals surface area (Å²) in [6.07, 6.45) is 3.69. The number of rotatable bonds is 2. The molecule has 1 aromatic heterocycles. The number of hydrogen-bond acceptors (Lipinski definition) is 2. The third-order valence-electron chi connectivity index (χ3n) is 2.62. The van der Waals surface area contributed by atoms with E-state index in [2.05, 4.69) is 48.1 Å². The van der Waals surface area contributed by atoms with Crippen molar-refractivity contribution in [2.24, 2.45) is 0 Å². The highest BCUT2D eigenvalue weighted by molar-refractivity contribution is 5.55. The molecule has 0 spiro atoms. The second-order valence-corrected chi connectivity index (χ2v) is 4.36. The molecule has 2 aromatic rings. The molecule has 0 amide bonds. The van der Waals surface area contributed by atoms with Gasteiger partial charge in [-0.25, -0.2) is 9.97 Å². The van der Waals surface area contributed by atoms with Crippen LogP contribution in [0.4, 0.5) is 0 Å². The second kappa shape index (κ2) is 4.44. The summed E-state index contributed by atoms with van der Waals surface area (Å²) in [7, 11) is 0. The monoisotopic (exact) mass is 212 g/mol. The maximum Gasteiger partial charge on any atom is 0.159 e. The zero-order valence-electron chi connectivity index (χ0n) is 9.94. The van der Waals surface area contributed by atoms with Gasteiger partial charge >= 0.3 is 0 Å². The van der Waals surface area contributed by atoms with E-state index in [0.29, 0.717) is 5.92 Å². The van der Waals surface area contributed by atoms with Gasteiger partial charge in [0.1, 0.15) is 0 Å². The molecule has 2 rings (SSSR count). The van der Waals surface area contributed by atoms with Gasteiger partial charge in [-0.1, -0.05) is 38.1 Å². The first-order valence-electron chi connectivity index (χ1n) is 5.56. The van der Waals surface area contributed by atoms with Crippen LogP contribution in [0.15, 0.2) is 36.7 Å². The van der Waals surface area contributed by atoms with Crippen LogP contribution in [0.3, 0.4) is 0 Å². The molecule has 2 nitrogen and oxygen atoms in total. The fourth-order valence-corrected chi connectivity index (χ4v) is 1.56. The molecule has 1 heterocycles. The predicted octanol–water partition coefficient (Wildman–Crippen LogP) is 3.58. The molecule has 82 valence electrons. The van der Waals surface area contributed by atoms with Crippen LogP contribution >= 0.6 is 0 Å². The Bertz CT molecular complexity index is 455. The molecule has 0 aliphatic rings. The Morgan fingerprint density at radius 3 is 2.00 bits per heavy atom. The van der Waals surface area contributed by atoms with Gasteiger partial charge in [0, 0.05) is 18.0 Å². The fraction of sp³-hybridized carbons (Fsp3) is 0.286. The van der Waals surface area contributed by atoms with Crippen molar-refractivity contribution in [3.8, 4) is 11.4 Å². The van der Waals surface area contributed by atoms with Gasteiger partial charge in [0.15, 0.2) is 5.82 Å². The lowest BCUT2D eigenvalue weighted by molar-refractivity contribution is 0.867. The fourth-order valence-electron chi connectivity index (χ4n) is 1.56. The predicted molar refractivity (Wildman–Crippen MR) is 66.3 cm³/mol. The minimum Gasteiger partial charge on any atom is -0.236 e. The van der Waals surface area contributed by atoms with Gasteiger partial charge in [0.05, 0.1) is 0 Å². The SMILES string of the molecule is Cc1cnc(-c2ccc(C(C)C)cc2)nc1. The maximum absolute atomic E-state index is 4.31. The quantitative estimate of drug-likeness (QED) is 0.760. The highest BCUT2D eigenvalue weighted by atomic mass is 14.9. The van der Waals surface area contributed by atoms with Crippen LogP contribution in [0, 0.1) is 6.92 Å². The van der Waals surface area contributed by atoms with Gasteiger partial charge in [-0.2, -0.15) is 0 Å². The topological polar surface area (TPSA) is 25.8 Å². The van der Waals surface area contributed by atoms with Crippen LogP contribution in [0.1, 0.15) is 30.9 Å². The van der Waals surface area contributed by atoms with Gasteiger partial charge in [0.2, 0.25) is 0 Å². The molecule has 0 bridgehead atoms. The molecule has 2 heteroatoms. The average molecular weight is 212 g/mol. The van der Waals surface area contributed by atoms with Crippen molar-refractivity contribution < 1.29 is 0 Å². The molecule has 0 aliphatic carbocycles. The molecule has 0 radical (unpaired) electrons. The van der Waals surface area contributed by atoms with E-state index in [0.717, 1.165) is 17.0 Å². The Balaban J connectivity index is 2.31. The largest absolute Gasteiger partial charge is 0.236 e. The lowest BCUT2D eigenvalue weighted by Crippen LogP contribution is -1.91. The number of benzene rings is 1. The Morgan fingerprint density at radius 1 is 0.938 bits per heavy atom. The van der Waals surface area contributed by atoms with Crippen LogP contribution in [-0.4, -0.2) is 9.97 Å². The third-order valence-corrected chi connectivity index (χ3v) is 2.62. The van der Waals surface area contributed by atoms with Crippen molar-refractivity contribution in [1.82, 2.24) is 9.97 Å². The summed E-state index contributed by atoms with van der Waals surface area (Å²) in [5.74, 6) is 1.36. The van der Waals surface area contributed by atoms with Gasteiger partial charge < -0.3 is 0 Å². The molecular weight excluding hydrogens is 196 g/mol. The second-order valence-electron chi connectivity index (χ2n) is 4.36. The van der Waals surface area contributed by atoms with Gasteiger partial charge in [-0.3, -0.25) is 0 Å². The lowest BCUT2D eigenvalue weighted by Gasteiger charge is -2.06. The average Bonchev–Trinajstić information content (AvgIpc) is 2.30. The van der Waals surface area contributed by atoms with E-state index < -0.39 is 0 Å². The minimum absolute atomic E-state index is 0.563. The van der Waals surface area contributed by atoms with Gasteiger partial charge in [0.25, 0.3) is 0 Å². The van der Waals surface area contributed by atoms with Crippen molar-refractivity contribution in [3.05, 3.63) is 47.8 Å². The molecule has 0 unspecified atom stereocenters. The molecule has 0 saturated heterocycles. The lowest BCUT2D eigenvalue weighted by atomic mass is 10.0. The number of aromatic nitrogens is 2. The Hall–Kier alpha value is -1.70. The van der Waals surface area contributed by atoms with Gasteiger partial charge in [-0.05, 0) is 24.0 Å². The Kier molecular flexibility index (Phi) is 3.00. The van der Waals surface area contributed by atoms with E-state index in [4.69, 9.17) is 0 Å². The van der Waals surface area contributed by atoms with Crippen LogP contribution in [-0.2, 0) is 0 Å². The van der Waals surface area contributed by atoms with E-state index >= 15 is 0 Å². The van der Waals surface area contributed by atoms with Crippen LogP contribution in [0.25, 0.3) is 11.4 Å². The molecule has 0 N–H and O–H groups in total. The summed E-state index contributed by atoms with van der Waals surface area (Å²) in [5.41, 5.74) is 3.50. The van der Waals surface area contributed by atoms with E-state index in [1.165, 1.54) is 5.56 Å². The van der Waals surface area contributed by atoms with Crippen LogP contribution in [0.5, 0.6) is 0 Å². The van der Waals surface area contributed by atoms with E-state index in [1.807, 2.05) is 19.3 Å². The van der Waals surface area contributed by atoms with Crippen molar-refractivity contribution in [3.63, 3.8) is 0 Å². The highest BCUT2D eigenvalue weighted by Crippen LogP contribution is 2.19. The molecular formula is C14H16N2. The number of hydrogen-bond donors (Lipinski definition) is 0. The van der Waals surface area contributed by atoms with Crippen molar-refractivity contribution in [2.75, 3.05) is 0 Å². The highest BCUT2D eigenvalue weighted by Gasteiger charge is 2.02. The van der Waals surface area contributed by atoms with E-state index in [-0.39, 0.29) is 0 Å². The summed E-state index contributed by atoms with van der Waals surface area (Å²) in [6, 6.07) is 8.45. The molecule has 0 fully saturated rings. The smallest absolute Gasteiger partial charge is 0.159 e. The standard InChI is InChI=1S/C14H16N2/c1-10(2)12-4-6-13(7-5-12)14-15-8-11(3)9-16-14/h4-10H,1-3H3. The molecule has 0 saturated carbocycles. The summed E-state index contributed by atoms with van der Waals surface area (Å²) in [4.78, 5) is 8.62. The minimum atomic E-state index is 0.563. The third kappa shape index (κ3) is 2.27. The van der Waals surface area contributed by atoms with Crippen LogP contribution in [0.2, 0.25) is 0 Å². The van der Waals surface area contributed by atoms with Crippen molar-refractivity contribution in [1.29, 1.82) is 0 Å². The van der Waals surface area contributed by atoms with Crippen molar-refractivity contribution in [2.45, 2.75) is 26.7 Å². The first kappa shape index (κ1) is 10.8. The molecule has 16 heavy (non-hydrogen) atoms. The van der Waals surface area contributed by atoms with E-state index in [1.54, 1.807) is 0 Å². The summed E-state index contributed by atoms with van der Waals surface area (Å²) in [6.45, 7) is 6.38. The Morgan fingerprint density at radius 2 is 1.50 bits per heavy atom. The molecule has 0 aliphatic heterocycles. The Labute approximate surface area is 96.4 Å². The first-order chi connectivity index (χ1) is 7.66. The van der Waals surface area contributed by atoms with Gasteiger partial charge in [-0.15, -0.1) is 0 Å². The molecule has 0 atom stereocenters. The maximum atomic E-state index is 4.31.